The van der Waals surface area contributed by atoms with Gasteiger partial charge >= 0.3 is 0 Å². The van der Waals surface area contributed by atoms with Crippen LogP contribution in [0.5, 0.6) is 5.75 Å². The molecule has 0 aromatic heterocycles. The lowest BCUT2D eigenvalue weighted by molar-refractivity contribution is -0.131. The monoisotopic (exact) mass is 348 g/mol. The maximum atomic E-state index is 12.3. The van der Waals surface area contributed by atoms with E-state index < -0.39 is 15.6 Å². The Labute approximate surface area is 137 Å². The van der Waals surface area contributed by atoms with Crippen LogP contribution in [0.3, 0.4) is 0 Å². The second-order valence-corrected chi connectivity index (χ2v) is 7.26. The molecule has 1 amide bonds. The molecule has 124 valence electrons. The summed E-state index contributed by atoms with van der Waals surface area (Å²) in [7, 11) is -1.76. The third kappa shape index (κ3) is 4.59. The molecule has 8 heteroatoms. The van der Waals surface area contributed by atoms with E-state index in [9.17, 15) is 13.2 Å². The fraction of sp³-hybridized carbons (Fsp3) is 0.500. The van der Waals surface area contributed by atoms with Crippen LogP contribution in [0.4, 0.5) is 0 Å². The molecule has 1 unspecified atom stereocenters. The van der Waals surface area contributed by atoms with E-state index in [2.05, 4.69) is 5.32 Å². The summed E-state index contributed by atoms with van der Waals surface area (Å²) in [6.07, 6.45) is 1.07. The minimum Gasteiger partial charge on any atom is -0.496 e. The van der Waals surface area contributed by atoms with Crippen LogP contribution < -0.4 is 10.1 Å². The molecule has 1 aromatic rings. The van der Waals surface area contributed by atoms with Crippen molar-refractivity contribution in [2.24, 2.45) is 0 Å². The lowest BCUT2D eigenvalue weighted by Gasteiger charge is -2.37. The van der Waals surface area contributed by atoms with Crippen LogP contribution in [-0.4, -0.2) is 58.0 Å². The average Bonchev–Trinajstić information content (AvgIpc) is 2.45. The quantitative estimate of drug-likeness (QED) is 0.864. The normalized spacial score (nSPS) is 18.5. The van der Waals surface area contributed by atoms with Crippen molar-refractivity contribution in [2.45, 2.75) is 6.04 Å². The number of nitrogens with zero attached hydrogens (tertiary/aromatic N) is 1. The highest BCUT2D eigenvalue weighted by atomic mass is 35.5. The van der Waals surface area contributed by atoms with Gasteiger partial charge in [-0.2, -0.15) is 0 Å². The van der Waals surface area contributed by atoms with E-state index in [1.165, 1.54) is 0 Å². The number of halogens is 1. The molecule has 0 spiro atoms. The summed E-state index contributed by atoms with van der Waals surface area (Å²) in [5.41, 5.74) is 0.883. The highest BCUT2D eigenvalue weighted by Gasteiger charge is 2.30. The standard InChI is InChI=1S/C14H20N2O4S.ClH/c1-20-13-6-4-3-5-11(13)12-9-15-7-8-16(12)14(17)10-21(2,18)19;/h3-6,12,15H,7-10H2,1-2H3;1H. The number of nitrogens with one attached hydrogen (secondary N) is 1. The Hall–Kier alpha value is -1.31. The highest BCUT2D eigenvalue weighted by molar-refractivity contribution is 7.91. The number of amides is 1. The number of para-hydroxylation sites is 1. The van der Waals surface area contributed by atoms with Gasteiger partial charge in [0.05, 0.1) is 13.2 Å². The SMILES string of the molecule is COc1ccccc1C1CNCCN1C(=O)CS(C)(=O)=O.Cl. The number of carbonyl (C=O) groups excluding carboxylic acids is 1. The molecule has 0 saturated carbocycles. The number of ether oxygens (including phenoxy) is 1. The highest BCUT2D eigenvalue weighted by Crippen LogP contribution is 2.30. The largest absolute Gasteiger partial charge is 0.496 e. The topological polar surface area (TPSA) is 75.7 Å². The van der Waals surface area contributed by atoms with Gasteiger partial charge in [0.25, 0.3) is 0 Å². The van der Waals surface area contributed by atoms with Gasteiger partial charge in [0.15, 0.2) is 9.84 Å². The van der Waals surface area contributed by atoms with Crippen LogP contribution in [0.2, 0.25) is 0 Å². The van der Waals surface area contributed by atoms with Crippen LogP contribution >= 0.6 is 12.4 Å². The third-order valence-electron chi connectivity index (χ3n) is 3.45. The number of methoxy groups -OCH3 is 1. The Morgan fingerprint density at radius 3 is 2.73 bits per heavy atom. The molecular formula is C14H21ClN2O4S. The summed E-state index contributed by atoms with van der Waals surface area (Å²) >= 11 is 0. The number of hydrogen-bond donors (Lipinski definition) is 1. The number of benzene rings is 1. The minimum absolute atomic E-state index is 0. The van der Waals surface area contributed by atoms with Gasteiger partial charge in [-0.25, -0.2) is 8.42 Å². The number of rotatable bonds is 4. The average molecular weight is 349 g/mol. The molecule has 1 aliphatic heterocycles. The summed E-state index contributed by atoms with van der Waals surface area (Å²) in [6.45, 7) is 1.72. The Kier molecular flexibility index (Phi) is 6.65. The second kappa shape index (κ2) is 7.80. The van der Waals surface area contributed by atoms with E-state index in [4.69, 9.17) is 4.74 Å². The molecule has 1 aromatic carbocycles. The fourth-order valence-corrected chi connectivity index (χ4v) is 3.14. The first-order valence-electron chi connectivity index (χ1n) is 6.73. The van der Waals surface area contributed by atoms with Crippen molar-refractivity contribution in [1.29, 1.82) is 0 Å². The van der Waals surface area contributed by atoms with Crippen LogP contribution in [0.1, 0.15) is 11.6 Å². The fourth-order valence-electron chi connectivity index (χ4n) is 2.53. The van der Waals surface area contributed by atoms with E-state index in [-0.39, 0.29) is 24.4 Å². The molecule has 1 heterocycles. The van der Waals surface area contributed by atoms with E-state index in [1.54, 1.807) is 12.0 Å². The Morgan fingerprint density at radius 1 is 1.41 bits per heavy atom. The molecule has 0 radical (unpaired) electrons. The molecule has 0 bridgehead atoms. The molecule has 1 N–H and O–H groups in total. The zero-order chi connectivity index (χ0) is 15.5. The van der Waals surface area contributed by atoms with Crippen molar-refractivity contribution in [3.05, 3.63) is 29.8 Å². The van der Waals surface area contributed by atoms with Gasteiger partial charge < -0.3 is 15.0 Å². The lowest BCUT2D eigenvalue weighted by atomic mass is 10.0. The second-order valence-electron chi connectivity index (χ2n) is 5.12. The number of piperazine rings is 1. The summed E-state index contributed by atoms with van der Waals surface area (Å²) < 4.78 is 28.1. The molecule has 22 heavy (non-hydrogen) atoms. The first-order chi connectivity index (χ1) is 9.92. The third-order valence-corrected chi connectivity index (χ3v) is 4.22. The Balaban J connectivity index is 0.00000242. The number of sulfone groups is 1. The number of carbonyl (C=O) groups is 1. The Morgan fingerprint density at radius 2 is 2.09 bits per heavy atom. The molecular weight excluding hydrogens is 328 g/mol. The maximum absolute atomic E-state index is 12.3. The first kappa shape index (κ1) is 18.7. The summed E-state index contributed by atoms with van der Waals surface area (Å²) in [5.74, 6) is -0.128. The molecule has 6 nitrogen and oxygen atoms in total. The van der Waals surface area contributed by atoms with Crippen LogP contribution in [-0.2, 0) is 14.6 Å². The van der Waals surface area contributed by atoms with Crippen LogP contribution in [0, 0.1) is 0 Å². The minimum atomic E-state index is -3.34. The Bertz CT molecular complexity index is 621. The van der Waals surface area contributed by atoms with Crippen LogP contribution in [0.25, 0.3) is 0 Å². The van der Waals surface area contributed by atoms with Crippen molar-refractivity contribution in [3.8, 4) is 5.75 Å². The first-order valence-corrected chi connectivity index (χ1v) is 8.79. The zero-order valence-corrected chi connectivity index (χ0v) is 14.2. The van der Waals surface area contributed by atoms with Gasteiger partial charge in [0.1, 0.15) is 11.5 Å². The molecule has 2 rings (SSSR count). The van der Waals surface area contributed by atoms with Gasteiger partial charge in [-0.1, -0.05) is 18.2 Å². The van der Waals surface area contributed by atoms with Gasteiger partial charge in [-0.15, -0.1) is 12.4 Å². The summed E-state index contributed by atoms with van der Waals surface area (Å²) in [6, 6.07) is 7.26. The summed E-state index contributed by atoms with van der Waals surface area (Å²) in [4.78, 5) is 13.9. The maximum Gasteiger partial charge on any atom is 0.238 e. The van der Waals surface area contributed by atoms with E-state index in [0.29, 0.717) is 25.4 Å². The number of hydrogen-bond acceptors (Lipinski definition) is 5. The predicted octanol–water partition coefficient (Wildman–Crippen LogP) is 0.634. The molecule has 1 aliphatic rings. The van der Waals surface area contributed by atoms with Gasteiger partial charge in [0, 0.05) is 31.5 Å². The van der Waals surface area contributed by atoms with Crippen molar-refractivity contribution < 1.29 is 17.9 Å². The van der Waals surface area contributed by atoms with E-state index in [1.807, 2.05) is 24.3 Å². The summed E-state index contributed by atoms with van der Waals surface area (Å²) in [5, 5.41) is 3.23. The van der Waals surface area contributed by atoms with Gasteiger partial charge in [-0.3, -0.25) is 4.79 Å². The van der Waals surface area contributed by atoms with Crippen molar-refractivity contribution in [1.82, 2.24) is 10.2 Å². The molecule has 1 fully saturated rings. The van der Waals surface area contributed by atoms with Crippen molar-refractivity contribution in [2.75, 3.05) is 38.8 Å². The lowest BCUT2D eigenvalue weighted by Crippen LogP contribution is -2.50. The smallest absolute Gasteiger partial charge is 0.238 e. The molecule has 1 saturated heterocycles. The van der Waals surface area contributed by atoms with Gasteiger partial charge in [-0.05, 0) is 6.07 Å². The van der Waals surface area contributed by atoms with E-state index in [0.717, 1.165) is 11.8 Å². The molecule has 0 aliphatic carbocycles. The van der Waals surface area contributed by atoms with Crippen molar-refractivity contribution in [3.63, 3.8) is 0 Å². The molecule has 1 atom stereocenters. The van der Waals surface area contributed by atoms with Crippen LogP contribution in [0.15, 0.2) is 24.3 Å². The predicted molar refractivity (Wildman–Crippen MR) is 87.3 cm³/mol. The zero-order valence-electron chi connectivity index (χ0n) is 12.6. The van der Waals surface area contributed by atoms with Crippen molar-refractivity contribution >= 4 is 28.2 Å². The van der Waals surface area contributed by atoms with E-state index >= 15 is 0 Å². The van der Waals surface area contributed by atoms with Gasteiger partial charge in [0.2, 0.25) is 5.91 Å².